The maximum Gasteiger partial charge on any atom is 0.0506 e. The van der Waals surface area contributed by atoms with Crippen LogP contribution in [0.15, 0.2) is 0 Å². The van der Waals surface area contributed by atoms with Gasteiger partial charge < -0.3 is 15.0 Å². The van der Waals surface area contributed by atoms with Gasteiger partial charge in [-0.1, -0.05) is 6.92 Å². The molecule has 0 spiro atoms. The van der Waals surface area contributed by atoms with Gasteiger partial charge in [0.1, 0.15) is 0 Å². The molecular weight excluding hydrogens is 188 g/mol. The van der Waals surface area contributed by atoms with Crippen molar-refractivity contribution >= 4 is 0 Å². The fourth-order valence-corrected chi connectivity index (χ4v) is 2.65. The number of piperazine rings is 1. The Labute approximate surface area is 93.2 Å². The molecule has 3 nitrogen and oxygen atoms in total. The molecule has 15 heavy (non-hydrogen) atoms. The smallest absolute Gasteiger partial charge is 0.0506 e. The summed E-state index contributed by atoms with van der Waals surface area (Å²) >= 11 is 0. The second kappa shape index (κ2) is 5.83. The highest BCUT2D eigenvalue weighted by Crippen LogP contribution is 2.16. The number of nitrogens with zero attached hydrogens (tertiary/aromatic N) is 1. The van der Waals surface area contributed by atoms with Gasteiger partial charge in [-0.25, -0.2) is 0 Å². The van der Waals surface area contributed by atoms with Gasteiger partial charge in [0.05, 0.1) is 6.61 Å². The lowest BCUT2D eigenvalue weighted by Gasteiger charge is -2.36. The number of hydrogen-bond donors (Lipinski definition) is 1. The lowest BCUT2D eigenvalue weighted by atomic mass is 10.0. The molecule has 0 aromatic heterocycles. The van der Waals surface area contributed by atoms with E-state index in [-0.39, 0.29) is 0 Å². The molecule has 0 bridgehead atoms. The van der Waals surface area contributed by atoms with Gasteiger partial charge in [0, 0.05) is 38.8 Å². The first-order valence-electron chi connectivity index (χ1n) is 6.42. The molecule has 0 aliphatic carbocycles. The molecule has 2 heterocycles. The zero-order valence-corrected chi connectivity index (χ0v) is 9.87. The van der Waals surface area contributed by atoms with Crippen molar-refractivity contribution in [3.8, 4) is 0 Å². The maximum atomic E-state index is 5.53. The van der Waals surface area contributed by atoms with Gasteiger partial charge in [-0.05, 0) is 25.2 Å². The Morgan fingerprint density at radius 2 is 2.40 bits per heavy atom. The summed E-state index contributed by atoms with van der Waals surface area (Å²) in [7, 11) is 0. The molecule has 88 valence electrons. The molecule has 2 saturated heterocycles. The third kappa shape index (κ3) is 3.44. The minimum absolute atomic E-state index is 0.711. The van der Waals surface area contributed by atoms with Crippen molar-refractivity contribution < 1.29 is 4.74 Å². The molecule has 2 fully saturated rings. The summed E-state index contributed by atoms with van der Waals surface area (Å²) in [5.41, 5.74) is 0. The summed E-state index contributed by atoms with van der Waals surface area (Å²) in [6.45, 7) is 9.09. The number of nitrogens with one attached hydrogen (secondary N) is 1. The Balaban J connectivity index is 1.72. The van der Waals surface area contributed by atoms with Gasteiger partial charge in [0.15, 0.2) is 0 Å². The lowest BCUT2D eigenvalue weighted by Crippen LogP contribution is -2.51. The highest BCUT2D eigenvalue weighted by atomic mass is 16.5. The predicted octanol–water partition coefficient (Wildman–Crippen LogP) is 1.10. The molecule has 2 aliphatic heterocycles. The largest absolute Gasteiger partial charge is 0.381 e. The summed E-state index contributed by atoms with van der Waals surface area (Å²) < 4.78 is 5.53. The number of hydrogen-bond acceptors (Lipinski definition) is 3. The van der Waals surface area contributed by atoms with Crippen molar-refractivity contribution in [2.75, 3.05) is 39.4 Å². The molecule has 0 aromatic rings. The van der Waals surface area contributed by atoms with Crippen LogP contribution in [0.25, 0.3) is 0 Å². The zero-order valence-electron chi connectivity index (χ0n) is 9.87. The fraction of sp³-hybridized carbons (Fsp3) is 1.00. The van der Waals surface area contributed by atoms with Crippen LogP contribution in [0.1, 0.15) is 26.2 Å². The quantitative estimate of drug-likeness (QED) is 0.758. The highest BCUT2D eigenvalue weighted by Gasteiger charge is 2.22. The van der Waals surface area contributed by atoms with E-state index in [1.54, 1.807) is 0 Å². The van der Waals surface area contributed by atoms with Gasteiger partial charge in [-0.2, -0.15) is 0 Å². The van der Waals surface area contributed by atoms with Crippen LogP contribution in [-0.4, -0.2) is 50.3 Å². The van der Waals surface area contributed by atoms with Crippen LogP contribution in [-0.2, 0) is 4.74 Å². The molecule has 1 N–H and O–H groups in total. The fourth-order valence-electron chi connectivity index (χ4n) is 2.65. The Bertz CT molecular complexity index is 180. The van der Waals surface area contributed by atoms with Crippen LogP contribution in [0, 0.1) is 5.92 Å². The average molecular weight is 212 g/mol. The maximum absolute atomic E-state index is 5.53. The van der Waals surface area contributed by atoms with Crippen molar-refractivity contribution in [2.24, 2.45) is 5.92 Å². The topological polar surface area (TPSA) is 24.5 Å². The first-order valence-corrected chi connectivity index (χ1v) is 6.42. The molecule has 2 unspecified atom stereocenters. The summed E-state index contributed by atoms with van der Waals surface area (Å²) in [4.78, 5) is 2.62. The van der Waals surface area contributed by atoms with Gasteiger partial charge in [0.2, 0.25) is 0 Å². The molecular formula is C12H24N2O. The van der Waals surface area contributed by atoms with Crippen molar-refractivity contribution in [1.82, 2.24) is 10.2 Å². The van der Waals surface area contributed by atoms with Crippen LogP contribution in [0.3, 0.4) is 0 Å². The first-order chi connectivity index (χ1) is 7.38. The molecule has 2 aliphatic rings. The summed E-state index contributed by atoms with van der Waals surface area (Å²) in [6.07, 6.45) is 3.87. The van der Waals surface area contributed by atoms with E-state index in [0.717, 1.165) is 25.7 Å². The molecule has 0 aromatic carbocycles. The SMILES string of the molecule is CCC1CN(CC2CCCOC2)CCN1. The van der Waals surface area contributed by atoms with Crippen LogP contribution < -0.4 is 5.32 Å². The molecule has 2 atom stereocenters. The Hall–Kier alpha value is -0.120. The second-order valence-electron chi connectivity index (χ2n) is 4.90. The van der Waals surface area contributed by atoms with E-state index in [1.165, 1.54) is 38.9 Å². The van der Waals surface area contributed by atoms with E-state index in [2.05, 4.69) is 17.1 Å². The molecule has 3 heteroatoms. The normalized spacial score (nSPS) is 34.2. The summed E-state index contributed by atoms with van der Waals surface area (Å²) in [5.74, 6) is 0.786. The predicted molar refractivity (Wildman–Crippen MR) is 62.1 cm³/mol. The zero-order chi connectivity index (χ0) is 10.5. The van der Waals surface area contributed by atoms with Crippen LogP contribution >= 0.6 is 0 Å². The Morgan fingerprint density at radius 3 is 3.13 bits per heavy atom. The second-order valence-corrected chi connectivity index (χ2v) is 4.90. The van der Waals surface area contributed by atoms with Crippen LogP contribution in [0.2, 0.25) is 0 Å². The van der Waals surface area contributed by atoms with Gasteiger partial charge >= 0.3 is 0 Å². The van der Waals surface area contributed by atoms with Crippen molar-refractivity contribution in [1.29, 1.82) is 0 Å². The van der Waals surface area contributed by atoms with Crippen LogP contribution in [0.5, 0.6) is 0 Å². The van der Waals surface area contributed by atoms with Crippen LogP contribution in [0.4, 0.5) is 0 Å². The highest BCUT2D eigenvalue weighted by molar-refractivity contribution is 4.79. The minimum atomic E-state index is 0.711. The third-order valence-corrected chi connectivity index (χ3v) is 3.60. The summed E-state index contributed by atoms with van der Waals surface area (Å²) in [5, 5.41) is 3.56. The van der Waals surface area contributed by atoms with Crippen molar-refractivity contribution in [2.45, 2.75) is 32.2 Å². The van der Waals surface area contributed by atoms with E-state index in [0.29, 0.717) is 6.04 Å². The third-order valence-electron chi connectivity index (χ3n) is 3.60. The van der Waals surface area contributed by atoms with Crippen molar-refractivity contribution in [3.63, 3.8) is 0 Å². The standard InChI is InChI=1S/C12H24N2O/c1-2-12-9-14(6-5-13-12)8-11-4-3-7-15-10-11/h11-13H,2-10H2,1H3. The Kier molecular flexibility index (Phi) is 4.42. The molecule has 0 radical (unpaired) electrons. The van der Waals surface area contributed by atoms with E-state index >= 15 is 0 Å². The summed E-state index contributed by atoms with van der Waals surface area (Å²) in [6, 6.07) is 0.711. The molecule has 2 rings (SSSR count). The van der Waals surface area contributed by atoms with Gasteiger partial charge in [-0.3, -0.25) is 0 Å². The monoisotopic (exact) mass is 212 g/mol. The van der Waals surface area contributed by atoms with Crippen molar-refractivity contribution in [3.05, 3.63) is 0 Å². The first kappa shape index (κ1) is 11.4. The lowest BCUT2D eigenvalue weighted by molar-refractivity contribution is 0.0337. The van der Waals surface area contributed by atoms with E-state index < -0.39 is 0 Å². The van der Waals surface area contributed by atoms with E-state index in [4.69, 9.17) is 4.74 Å². The van der Waals surface area contributed by atoms with Gasteiger partial charge in [0.25, 0.3) is 0 Å². The minimum Gasteiger partial charge on any atom is -0.381 e. The average Bonchev–Trinajstić information content (AvgIpc) is 2.31. The molecule has 0 amide bonds. The number of rotatable bonds is 3. The number of ether oxygens (including phenoxy) is 1. The van der Waals surface area contributed by atoms with E-state index in [9.17, 15) is 0 Å². The Morgan fingerprint density at radius 1 is 1.47 bits per heavy atom. The van der Waals surface area contributed by atoms with E-state index in [1.807, 2.05) is 0 Å². The molecule has 0 saturated carbocycles. The van der Waals surface area contributed by atoms with Gasteiger partial charge in [-0.15, -0.1) is 0 Å².